The van der Waals surface area contributed by atoms with Gasteiger partial charge in [-0.3, -0.25) is 57.7 Å². The second-order valence-electron chi connectivity index (χ2n) is 34.4. The topological polar surface area (TPSA) is 271 Å². The second kappa shape index (κ2) is 73.1. The molecule has 0 rings (SSSR count). The zero-order chi connectivity index (χ0) is 90.0. The molecule has 5 amide bonds. The molecule has 0 saturated heterocycles. The molecule has 0 aliphatic carbocycles. The Kier molecular flexibility index (Phi) is 69.9. The van der Waals surface area contributed by atoms with E-state index in [2.05, 4.69) is 106 Å². The van der Waals surface area contributed by atoms with Crippen LogP contribution in [0, 0.1) is 23.7 Å². The Morgan fingerprint density at radius 3 is 0.917 bits per heavy atom. The highest BCUT2D eigenvalue weighted by molar-refractivity contribution is 5.97. The van der Waals surface area contributed by atoms with Gasteiger partial charge in [0.05, 0.1) is 24.7 Å². The molecule has 0 bridgehead atoms. The minimum absolute atomic E-state index is 0.187. The van der Waals surface area contributed by atoms with Crippen molar-refractivity contribution in [2.75, 3.05) is 301 Å². The fourth-order valence-electron chi connectivity index (χ4n) is 14.0. The summed E-state index contributed by atoms with van der Waals surface area (Å²) in [6.45, 7) is 40.1. The van der Waals surface area contributed by atoms with E-state index < -0.39 is 71.6 Å². The van der Waals surface area contributed by atoms with Gasteiger partial charge in [0.2, 0.25) is 29.5 Å². The first-order chi connectivity index (χ1) is 57.4. The van der Waals surface area contributed by atoms with Gasteiger partial charge in [-0.05, 0) is 147 Å². The molecule has 0 spiro atoms. The number of hydrogen-bond acceptors (Lipinski definition) is 24. The number of ketones is 3. The molecule has 0 fully saturated rings. The normalized spacial score (nSPS) is 12.9. The molecule has 3 N–H and O–H groups in total. The minimum atomic E-state index is -1.24. The van der Waals surface area contributed by atoms with Gasteiger partial charge in [0.1, 0.15) is 30.6 Å². The molecule has 0 aliphatic rings. The van der Waals surface area contributed by atoms with Crippen LogP contribution in [0.1, 0.15) is 209 Å². The number of amides is 5. The van der Waals surface area contributed by atoms with E-state index in [1.54, 1.807) is 38.0 Å². The molecular weight excluding hydrogens is 1520 g/mol. The molecule has 0 heterocycles. The maximum atomic E-state index is 15.3. The molecule has 29 heteroatoms. The van der Waals surface area contributed by atoms with E-state index in [4.69, 9.17) is 9.47 Å². The molecular formula is C91H181N17O12. The Morgan fingerprint density at radius 1 is 0.275 bits per heavy atom. The van der Waals surface area contributed by atoms with Crippen molar-refractivity contribution in [3.8, 4) is 0 Å². The number of esters is 2. The molecule has 702 valence electrons. The van der Waals surface area contributed by atoms with E-state index in [0.29, 0.717) is 131 Å². The molecule has 0 aliphatic heterocycles. The number of hydrogen-bond donors (Lipinski definition) is 3. The van der Waals surface area contributed by atoms with E-state index in [9.17, 15) is 43.2 Å². The number of unbranched alkanes of at least 4 members (excludes halogenated alkanes) is 7. The quantitative estimate of drug-likeness (QED) is 0.0410. The van der Waals surface area contributed by atoms with Crippen LogP contribution in [0.3, 0.4) is 0 Å². The Bertz CT molecular complexity index is 2690. The predicted octanol–water partition coefficient (Wildman–Crippen LogP) is 6.95. The minimum Gasteiger partial charge on any atom is -0.464 e. The van der Waals surface area contributed by atoms with Crippen LogP contribution in [-0.2, 0) is 57.4 Å². The summed E-state index contributed by atoms with van der Waals surface area (Å²) in [5, 5.41) is 9.19. The lowest BCUT2D eigenvalue weighted by atomic mass is 9.83. The molecule has 0 saturated carbocycles. The highest BCUT2D eigenvalue weighted by Crippen LogP contribution is 2.26. The Hall–Kier alpha value is -5.18. The first-order valence-electron chi connectivity index (χ1n) is 46.8. The Labute approximate surface area is 731 Å². The van der Waals surface area contributed by atoms with Gasteiger partial charge in [-0.15, -0.1) is 0 Å². The number of carbonyl (C=O) groups excluding carboxylic acids is 10. The SMILES string of the molecule is CCCCNC(=O)C(CC(=O)CC(CC(=O)C(CC(=O)CC(CC)C(=O)N(C)CCN(C)CCN(C)CCC(=O)OCCN(CCCC)CCN(CCCC)CCCC)CC(=O)N(C)CCN(C)CCN(C)CCC(=O)OCCN(CCCC)CCN(CCCC)CCCC)C(=O)N(C)CCN(C)CCNC)CC(=O)N(C)CCN(C)CCNC. The lowest BCUT2D eigenvalue weighted by Crippen LogP contribution is -2.42. The standard InChI is InChI=1S/C91H181N17O12/c1-21-29-38-94-89(116)80(77-86(113)102(18)59-55-97(13)49-39-92-9)73-83(110)74-81(91(118)104(20)61-57-98(14)50-40-93-10)75-84(111)79(76-85(112)101(17)60-56-99(15)53-51-95(11)47-36-87(114)119-69-67-107(45-34-26-6)65-63-105(41-30-22-2)42-31-23-3)72-82(109)71-78(28-8)90(117)103(19)62-58-100(16)54-52-96(12)48-37-88(115)120-70-68-108(46-35-27-7)66-64-106(43-32-24-4)44-33-25-5/h78-81,92-93H,21-77H2,1-20H3,(H,94,116). The first kappa shape index (κ1) is 115. The molecule has 4 unspecified atom stereocenters. The van der Waals surface area contributed by atoms with E-state index >= 15 is 4.79 Å². The van der Waals surface area contributed by atoms with Crippen molar-refractivity contribution in [1.82, 2.24) is 84.5 Å². The number of ether oxygens (including phenoxy) is 2. The number of nitrogens with one attached hydrogen (secondary N) is 3. The van der Waals surface area contributed by atoms with Gasteiger partial charge < -0.3 is 84.2 Å². The van der Waals surface area contributed by atoms with Gasteiger partial charge in [0.25, 0.3) is 0 Å². The highest BCUT2D eigenvalue weighted by Gasteiger charge is 2.36. The summed E-state index contributed by atoms with van der Waals surface area (Å²) < 4.78 is 11.5. The van der Waals surface area contributed by atoms with Crippen LogP contribution in [0.2, 0.25) is 0 Å². The number of Topliss-reactive ketones (excluding diaryl/α,β-unsaturated/α-hetero) is 3. The summed E-state index contributed by atoms with van der Waals surface area (Å²) in [6.07, 6.45) is 13.8. The summed E-state index contributed by atoms with van der Waals surface area (Å²) in [7, 11) is 22.2. The van der Waals surface area contributed by atoms with Gasteiger partial charge >= 0.3 is 11.9 Å². The van der Waals surface area contributed by atoms with Crippen LogP contribution >= 0.6 is 0 Å². The fourth-order valence-corrected chi connectivity index (χ4v) is 14.0. The third-order valence-corrected chi connectivity index (χ3v) is 23.3. The van der Waals surface area contributed by atoms with Crippen LogP contribution in [0.25, 0.3) is 0 Å². The molecule has 0 aromatic heterocycles. The second-order valence-corrected chi connectivity index (χ2v) is 34.4. The molecule has 29 nitrogen and oxygen atoms in total. The van der Waals surface area contributed by atoms with Gasteiger partial charge in [0.15, 0.2) is 0 Å². The fraction of sp³-hybridized carbons (Fsp3) is 0.890. The lowest BCUT2D eigenvalue weighted by Gasteiger charge is -2.28. The molecule has 0 aromatic carbocycles. The number of carbonyl (C=O) groups is 10. The van der Waals surface area contributed by atoms with E-state index in [1.807, 2.05) is 70.2 Å². The van der Waals surface area contributed by atoms with Crippen LogP contribution in [0.4, 0.5) is 0 Å². The lowest BCUT2D eigenvalue weighted by molar-refractivity contribution is -0.145. The van der Waals surface area contributed by atoms with Crippen molar-refractivity contribution >= 4 is 58.8 Å². The monoisotopic (exact) mass is 1700 g/mol. The number of likely N-dealkylation sites (N-methyl/N-ethyl adjacent to an activating group) is 12. The van der Waals surface area contributed by atoms with Crippen molar-refractivity contribution in [3.63, 3.8) is 0 Å². The first-order valence-corrected chi connectivity index (χ1v) is 46.8. The predicted molar refractivity (Wildman–Crippen MR) is 489 cm³/mol. The largest absolute Gasteiger partial charge is 0.464 e. The van der Waals surface area contributed by atoms with Crippen LogP contribution < -0.4 is 16.0 Å². The molecule has 0 radical (unpaired) electrons. The zero-order valence-corrected chi connectivity index (χ0v) is 80.3. The molecule has 120 heavy (non-hydrogen) atoms. The highest BCUT2D eigenvalue weighted by atomic mass is 16.5. The average molecular weight is 1710 g/mol. The zero-order valence-electron chi connectivity index (χ0n) is 80.3. The smallest absolute Gasteiger partial charge is 0.307 e. The van der Waals surface area contributed by atoms with Crippen molar-refractivity contribution in [2.24, 2.45) is 23.7 Å². The van der Waals surface area contributed by atoms with Crippen LogP contribution in [0.15, 0.2) is 0 Å². The number of nitrogens with zero attached hydrogens (tertiary/aromatic N) is 14. The average Bonchev–Trinajstić information content (AvgIpc) is 0.844. The van der Waals surface area contributed by atoms with Crippen LogP contribution in [0.5, 0.6) is 0 Å². The van der Waals surface area contributed by atoms with Crippen molar-refractivity contribution in [3.05, 3.63) is 0 Å². The molecule has 4 atom stereocenters. The van der Waals surface area contributed by atoms with Crippen molar-refractivity contribution in [2.45, 2.75) is 209 Å². The summed E-state index contributed by atoms with van der Waals surface area (Å²) in [4.78, 5) is 171. The van der Waals surface area contributed by atoms with Gasteiger partial charge in [-0.2, -0.15) is 0 Å². The van der Waals surface area contributed by atoms with Crippen LogP contribution in [-0.4, -0.2) is 428 Å². The summed E-state index contributed by atoms with van der Waals surface area (Å²) in [6, 6.07) is 0. The molecule has 0 aromatic rings. The third kappa shape index (κ3) is 58.1. The number of rotatable bonds is 82. The Balaban J connectivity index is 6.75. The summed E-state index contributed by atoms with van der Waals surface area (Å²) in [5.41, 5.74) is 0. The third-order valence-electron chi connectivity index (χ3n) is 23.3. The van der Waals surface area contributed by atoms with Crippen molar-refractivity contribution in [1.29, 1.82) is 0 Å². The summed E-state index contributed by atoms with van der Waals surface area (Å²) >= 11 is 0. The van der Waals surface area contributed by atoms with Gasteiger partial charge in [-0.1, -0.05) is 100 Å². The van der Waals surface area contributed by atoms with E-state index in [1.165, 1.54) is 61.2 Å². The maximum Gasteiger partial charge on any atom is 0.307 e. The Morgan fingerprint density at radius 2 is 0.567 bits per heavy atom. The van der Waals surface area contributed by atoms with E-state index in [-0.39, 0.29) is 81.8 Å². The van der Waals surface area contributed by atoms with Gasteiger partial charge in [-0.25, -0.2) is 0 Å². The van der Waals surface area contributed by atoms with E-state index in [0.717, 1.165) is 117 Å². The summed E-state index contributed by atoms with van der Waals surface area (Å²) in [5.74, 6) is -7.97. The van der Waals surface area contributed by atoms with Gasteiger partial charge in [0, 0.05) is 249 Å². The maximum absolute atomic E-state index is 15.3. The van der Waals surface area contributed by atoms with Crippen molar-refractivity contribution < 1.29 is 57.4 Å².